The summed E-state index contributed by atoms with van der Waals surface area (Å²) in [6, 6.07) is 4.31. The lowest BCUT2D eigenvalue weighted by molar-refractivity contribution is 0.441. The highest BCUT2D eigenvalue weighted by Gasteiger charge is 2.19. The number of piperidine rings is 1. The van der Waals surface area contributed by atoms with Gasteiger partial charge >= 0.3 is 0 Å². The number of nitriles is 1. The number of rotatable bonds is 4. The predicted molar refractivity (Wildman–Crippen MR) is 86.4 cm³/mol. The summed E-state index contributed by atoms with van der Waals surface area (Å²) in [6.45, 7) is 2.07. The molecule has 0 amide bonds. The average molecular weight is 310 g/mol. The van der Waals surface area contributed by atoms with E-state index in [-0.39, 0.29) is 5.69 Å². The van der Waals surface area contributed by atoms with Crippen LogP contribution in [0.3, 0.4) is 0 Å². The summed E-state index contributed by atoms with van der Waals surface area (Å²) in [5.74, 6) is 2.06. The molecule has 1 aliphatic rings. The van der Waals surface area contributed by atoms with Crippen LogP contribution < -0.4 is 15.5 Å². The van der Waals surface area contributed by atoms with Crippen LogP contribution in [0, 0.1) is 11.3 Å². The monoisotopic (exact) mass is 310 g/mol. The van der Waals surface area contributed by atoms with Crippen molar-refractivity contribution >= 4 is 17.5 Å². The minimum absolute atomic E-state index is 0.282. The van der Waals surface area contributed by atoms with Crippen molar-refractivity contribution in [2.24, 2.45) is 0 Å². The Hall–Kier alpha value is -2.79. The minimum atomic E-state index is 0.282. The molecule has 0 bridgehead atoms. The second-order valence-electron chi connectivity index (χ2n) is 5.38. The fourth-order valence-corrected chi connectivity index (χ4v) is 2.57. The van der Waals surface area contributed by atoms with Crippen LogP contribution in [-0.2, 0) is 0 Å². The molecule has 2 aromatic rings. The van der Waals surface area contributed by atoms with Crippen LogP contribution in [-0.4, -0.2) is 46.1 Å². The Morgan fingerprint density at radius 3 is 2.70 bits per heavy atom. The molecule has 23 heavy (non-hydrogen) atoms. The zero-order valence-corrected chi connectivity index (χ0v) is 12.9. The van der Waals surface area contributed by atoms with Crippen molar-refractivity contribution < 1.29 is 0 Å². The van der Waals surface area contributed by atoms with Crippen molar-refractivity contribution in [2.45, 2.75) is 18.9 Å². The largest absolute Gasteiger partial charge is 0.356 e. The predicted octanol–water partition coefficient (Wildman–Crippen LogP) is 1.07. The summed E-state index contributed by atoms with van der Waals surface area (Å²) >= 11 is 0. The van der Waals surface area contributed by atoms with E-state index in [2.05, 4.69) is 42.5 Å². The van der Waals surface area contributed by atoms with Gasteiger partial charge in [-0.25, -0.2) is 19.9 Å². The minimum Gasteiger partial charge on any atom is -0.356 e. The summed E-state index contributed by atoms with van der Waals surface area (Å²) in [4.78, 5) is 18.9. The first-order valence-electron chi connectivity index (χ1n) is 7.51. The van der Waals surface area contributed by atoms with E-state index >= 15 is 0 Å². The van der Waals surface area contributed by atoms with Gasteiger partial charge in [-0.3, -0.25) is 0 Å². The Morgan fingerprint density at radius 2 is 2.00 bits per heavy atom. The van der Waals surface area contributed by atoms with Crippen LogP contribution in [0.25, 0.3) is 0 Å². The normalized spacial score (nSPS) is 15.0. The summed E-state index contributed by atoms with van der Waals surface area (Å²) in [5.41, 5.74) is 0.282. The van der Waals surface area contributed by atoms with Crippen molar-refractivity contribution in [1.82, 2.24) is 25.3 Å². The van der Waals surface area contributed by atoms with Gasteiger partial charge in [-0.2, -0.15) is 5.26 Å². The molecule has 2 aromatic heterocycles. The molecule has 1 saturated heterocycles. The SMILES string of the molecule is CN(c1cc(Nc2cnc(C#N)cn2)ncn1)C1CCNCC1. The van der Waals surface area contributed by atoms with E-state index in [0.717, 1.165) is 31.7 Å². The van der Waals surface area contributed by atoms with Gasteiger partial charge in [0.1, 0.15) is 29.9 Å². The second-order valence-corrected chi connectivity index (χ2v) is 5.38. The highest BCUT2D eigenvalue weighted by Crippen LogP contribution is 2.20. The van der Waals surface area contributed by atoms with Crippen molar-refractivity contribution in [3.05, 3.63) is 30.5 Å². The third-order valence-corrected chi connectivity index (χ3v) is 3.89. The highest BCUT2D eigenvalue weighted by atomic mass is 15.2. The van der Waals surface area contributed by atoms with E-state index in [0.29, 0.717) is 17.7 Å². The smallest absolute Gasteiger partial charge is 0.158 e. The molecule has 0 unspecified atom stereocenters. The van der Waals surface area contributed by atoms with E-state index in [1.807, 2.05) is 12.1 Å². The molecule has 0 spiro atoms. The Labute approximate surface area is 134 Å². The maximum absolute atomic E-state index is 8.74. The molecule has 0 atom stereocenters. The number of hydrogen-bond donors (Lipinski definition) is 2. The first kappa shape index (κ1) is 15.1. The van der Waals surface area contributed by atoms with Crippen molar-refractivity contribution in [3.8, 4) is 6.07 Å². The lowest BCUT2D eigenvalue weighted by Crippen LogP contribution is -2.41. The number of anilines is 3. The molecule has 8 nitrogen and oxygen atoms in total. The van der Waals surface area contributed by atoms with Crippen LogP contribution >= 0.6 is 0 Å². The Bertz CT molecular complexity index is 687. The van der Waals surface area contributed by atoms with Gasteiger partial charge in [-0.15, -0.1) is 0 Å². The number of aromatic nitrogens is 4. The Balaban J connectivity index is 1.72. The highest BCUT2D eigenvalue weighted by molar-refractivity contribution is 5.55. The van der Waals surface area contributed by atoms with Crippen LogP contribution in [0.1, 0.15) is 18.5 Å². The third kappa shape index (κ3) is 3.70. The van der Waals surface area contributed by atoms with E-state index in [9.17, 15) is 0 Å². The number of nitrogens with one attached hydrogen (secondary N) is 2. The van der Waals surface area contributed by atoms with Crippen LogP contribution in [0.15, 0.2) is 24.8 Å². The summed E-state index contributed by atoms with van der Waals surface area (Å²) in [5, 5.41) is 15.2. The standard InChI is InChI=1S/C15H18N8/c1-23(12-2-4-17-5-3-12)15-6-13(20-10-21-15)22-14-9-18-11(7-16)8-19-14/h6,8-10,12,17H,2-5H2,1H3,(H,19,20,21,22). The van der Waals surface area contributed by atoms with E-state index < -0.39 is 0 Å². The lowest BCUT2D eigenvalue weighted by Gasteiger charge is -2.32. The average Bonchev–Trinajstić information content (AvgIpc) is 2.63. The molecular formula is C15H18N8. The van der Waals surface area contributed by atoms with Crippen LogP contribution in [0.2, 0.25) is 0 Å². The van der Waals surface area contributed by atoms with E-state index in [1.165, 1.54) is 18.7 Å². The molecule has 0 aromatic carbocycles. The van der Waals surface area contributed by atoms with E-state index in [4.69, 9.17) is 5.26 Å². The van der Waals surface area contributed by atoms with Gasteiger partial charge in [0, 0.05) is 19.2 Å². The Morgan fingerprint density at radius 1 is 1.17 bits per heavy atom. The quantitative estimate of drug-likeness (QED) is 0.864. The van der Waals surface area contributed by atoms with Gasteiger partial charge in [0.2, 0.25) is 0 Å². The molecule has 3 heterocycles. The third-order valence-electron chi connectivity index (χ3n) is 3.89. The van der Waals surface area contributed by atoms with Crippen molar-refractivity contribution in [1.29, 1.82) is 5.26 Å². The molecule has 8 heteroatoms. The van der Waals surface area contributed by atoms with Crippen LogP contribution in [0.5, 0.6) is 0 Å². The van der Waals surface area contributed by atoms with Crippen molar-refractivity contribution in [3.63, 3.8) is 0 Å². The van der Waals surface area contributed by atoms with Gasteiger partial charge in [0.05, 0.1) is 12.4 Å². The maximum atomic E-state index is 8.74. The molecule has 0 aliphatic carbocycles. The summed E-state index contributed by atoms with van der Waals surface area (Å²) < 4.78 is 0. The summed E-state index contributed by atoms with van der Waals surface area (Å²) in [7, 11) is 2.06. The molecule has 0 saturated carbocycles. The number of nitrogens with zero attached hydrogens (tertiary/aromatic N) is 6. The molecule has 118 valence electrons. The van der Waals surface area contributed by atoms with Gasteiger partial charge in [-0.05, 0) is 25.9 Å². The number of hydrogen-bond acceptors (Lipinski definition) is 8. The Kier molecular flexibility index (Phi) is 4.59. The topological polar surface area (TPSA) is 103 Å². The molecular weight excluding hydrogens is 292 g/mol. The zero-order chi connectivity index (χ0) is 16.1. The zero-order valence-electron chi connectivity index (χ0n) is 12.9. The molecule has 0 radical (unpaired) electrons. The molecule has 1 fully saturated rings. The molecule has 1 aliphatic heterocycles. The first-order valence-corrected chi connectivity index (χ1v) is 7.51. The fraction of sp³-hybridized carbons (Fsp3) is 0.400. The summed E-state index contributed by atoms with van der Waals surface area (Å²) in [6.07, 6.45) is 6.67. The van der Waals surface area contributed by atoms with Gasteiger partial charge in [0.15, 0.2) is 5.69 Å². The molecule has 2 N–H and O–H groups in total. The fourth-order valence-electron chi connectivity index (χ4n) is 2.57. The lowest BCUT2D eigenvalue weighted by atomic mass is 10.1. The van der Waals surface area contributed by atoms with Crippen molar-refractivity contribution in [2.75, 3.05) is 30.4 Å². The maximum Gasteiger partial charge on any atom is 0.158 e. The molecule has 3 rings (SSSR count). The van der Waals surface area contributed by atoms with Gasteiger partial charge < -0.3 is 15.5 Å². The van der Waals surface area contributed by atoms with Gasteiger partial charge in [0.25, 0.3) is 0 Å². The van der Waals surface area contributed by atoms with Gasteiger partial charge in [-0.1, -0.05) is 0 Å². The van der Waals surface area contributed by atoms with Crippen LogP contribution in [0.4, 0.5) is 17.5 Å². The second kappa shape index (κ2) is 6.98. The first-order chi connectivity index (χ1) is 11.3. The van der Waals surface area contributed by atoms with E-state index in [1.54, 1.807) is 0 Å².